The van der Waals surface area contributed by atoms with E-state index in [0.29, 0.717) is 52.6 Å². The van der Waals surface area contributed by atoms with E-state index in [9.17, 15) is 4.79 Å². The van der Waals surface area contributed by atoms with Crippen LogP contribution in [-0.2, 0) is 6.54 Å². The van der Waals surface area contributed by atoms with Gasteiger partial charge in [-0.1, -0.05) is 24.3 Å². The number of imidazole rings is 1. The van der Waals surface area contributed by atoms with Gasteiger partial charge in [0.15, 0.2) is 16.9 Å². The first-order chi connectivity index (χ1) is 17.5. The average Bonchev–Trinajstić information content (AvgIpc) is 3.22. The molecule has 9 heteroatoms. The van der Waals surface area contributed by atoms with Crippen LogP contribution in [0.15, 0.2) is 69.9 Å². The standard InChI is InChI=1S/C27H23ClN2O6/c1-32-23-15-22-24(26(34-3)25(23)33-2)19(31)14-21(36-22)16-8-4-7-11-20(16)35-13-12-30-18-10-6-5-9-17(18)29-27(30)28/h4-11,14-15H,12-13H2,1-3H3. The molecule has 2 heterocycles. The maximum Gasteiger partial charge on any atom is 0.204 e. The molecule has 5 rings (SSSR count). The summed E-state index contributed by atoms with van der Waals surface area (Å²) in [7, 11) is 4.45. The zero-order valence-corrected chi connectivity index (χ0v) is 20.7. The molecular formula is C27H23ClN2O6. The van der Waals surface area contributed by atoms with Crippen molar-refractivity contribution in [3.63, 3.8) is 0 Å². The number of halogens is 1. The lowest BCUT2D eigenvalue weighted by Crippen LogP contribution is -2.09. The summed E-state index contributed by atoms with van der Waals surface area (Å²) in [4.78, 5) is 17.5. The third-order valence-electron chi connectivity index (χ3n) is 5.86. The number of hydrogen-bond acceptors (Lipinski definition) is 7. The van der Waals surface area contributed by atoms with Gasteiger partial charge in [0.1, 0.15) is 29.1 Å². The fraction of sp³-hybridized carbons (Fsp3) is 0.185. The highest BCUT2D eigenvalue weighted by atomic mass is 35.5. The Morgan fingerprint density at radius 2 is 1.67 bits per heavy atom. The average molecular weight is 507 g/mol. The fourth-order valence-corrected chi connectivity index (χ4v) is 4.49. The minimum absolute atomic E-state index is 0.251. The molecule has 0 aliphatic rings. The Morgan fingerprint density at radius 1 is 0.917 bits per heavy atom. The quantitative estimate of drug-likeness (QED) is 0.272. The van der Waals surface area contributed by atoms with Crippen LogP contribution in [0.4, 0.5) is 0 Å². The van der Waals surface area contributed by atoms with E-state index >= 15 is 0 Å². The van der Waals surface area contributed by atoms with Gasteiger partial charge >= 0.3 is 0 Å². The summed E-state index contributed by atoms with van der Waals surface area (Å²) in [6, 6.07) is 18.1. The van der Waals surface area contributed by atoms with E-state index in [0.717, 1.165) is 11.0 Å². The van der Waals surface area contributed by atoms with E-state index in [-0.39, 0.29) is 16.6 Å². The molecule has 0 saturated carbocycles. The third-order valence-corrected chi connectivity index (χ3v) is 6.14. The first-order valence-electron chi connectivity index (χ1n) is 11.2. The molecule has 0 fully saturated rings. The Bertz CT molecular complexity index is 1620. The van der Waals surface area contributed by atoms with Crippen molar-refractivity contribution in [3.8, 4) is 34.3 Å². The molecule has 0 unspecified atom stereocenters. The van der Waals surface area contributed by atoms with Gasteiger partial charge < -0.3 is 27.9 Å². The minimum Gasteiger partial charge on any atom is -0.493 e. The topological polar surface area (TPSA) is 85.0 Å². The van der Waals surface area contributed by atoms with E-state index in [1.54, 1.807) is 6.07 Å². The summed E-state index contributed by atoms with van der Waals surface area (Å²) in [5.74, 6) is 1.87. The van der Waals surface area contributed by atoms with E-state index in [1.807, 2.05) is 53.1 Å². The van der Waals surface area contributed by atoms with Crippen molar-refractivity contribution in [2.75, 3.05) is 27.9 Å². The molecule has 2 aromatic heterocycles. The molecular weight excluding hydrogens is 484 g/mol. The second-order valence-electron chi connectivity index (χ2n) is 7.86. The summed E-state index contributed by atoms with van der Waals surface area (Å²) < 4.78 is 30.4. The van der Waals surface area contributed by atoms with Crippen molar-refractivity contribution in [3.05, 3.63) is 76.2 Å². The Morgan fingerprint density at radius 3 is 2.44 bits per heavy atom. The van der Waals surface area contributed by atoms with Gasteiger partial charge in [0.25, 0.3) is 0 Å². The molecule has 0 aliphatic heterocycles. The smallest absolute Gasteiger partial charge is 0.204 e. The van der Waals surface area contributed by atoms with Crippen LogP contribution in [0.2, 0.25) is 5.28 Å². The largest absolute Gasteiger partial charge is 0.493 e. The van der Waals surface area contributed by atoms with Crippen LogP contribution in [-0.4, -0.2) is 37.5 Å². The minimum atomic E-state index is -0.282. The van der Waals surface area contributed by atoms with Crippen molar-refractivity contribution in [2.45, 2.75) is 6.54 Å². The van der Waals surface area contributed by atoms with Crippen molar-refractivity contribution in [1.82, 2.24) is 9.55 Å². The van der Waals surface area contributed by atoms with Crippen LogP contribution < -0.4 is 24.4 Å². The van der Waals surface area contributed by atoms with Crippen molar-refractivity contribution >= 4 is 33.6 Å². The molecule has 0 spiro atoms. The van der Waals surface area contributed by atoms with Gasteiger partial charge in [-0.3, -0.25) is 4.79 Å². The van der Waals surface area contributed by atoms with E-state index < -0.39 is 0 Å². The first kappa shape index (κ1) is 23.6. The molecule has 3 aromatic carbocycles. The summed E-state index contributed by atoms with van der Waals surface area (Å²) in [6.45, 7) is 0.817. The third kappa shape index (κ3) is 4.09. The highest BCUT2D eigenvalue weighted by Crippen LogP contribution is 2.43. The van der Waals surface area contributed by atoms with E-state index in [2.05, 4.69) is 4.98 Å². The van der Waals surface area contributed by atoms with Gasteiger partial charge in [0.05, 0.1) is 44.5 Å². The van der Waals surface area contributed by atoms with E-state index in [1.165, 1.54) is 27.4 Å². The normalized spacial score (nSPS) is 11.1. The second-order valence-corrected chi connectivity index (χ2v) is 8.20. The molecule has 36 heavy (non-hydrogen) atoms. The Balaban J connectivity index is 1.49. The summed E-state index contributed by atoms with van der Waals surface area (Å²) in [5.41, 5.74) is 2.40. The lowest BCUT2D eigenvalue weighted by molar-refractivity contribution is 0.301. The number of ether oxygens (including phenoxy) is 4. The molecule has 0 radical (unpaired) electrons. The van der Waals surface area contributed by atoms with Gasteiger partial charge in [0, 0.05) is 12.1 Å². The van der Waals surface area contributed by atoms with Gasteiger partial charge in [-0.15, -0.1) is 0 Å². The summed E-state index contributed by atoms with van der Waals surface area (Å²) in [6.07, 6.45) is 0. The number of benzene rings is 3. The molecule has 0 amide bonds. The Hall–Kier alpha value is -4.17. The Kier molecular flexibility index (Phi) is 6.43. The highest BCUT2D eigenvalue weighted by molar-refractivity contribution is 6.29. The molecule has 5 aromatic rings. The summed E-state index contributed by atoms with van der Waals surface area (Å²) in [5, 5.41) is 0.658. The predicted octanol–water partition coefficient (Wildman–Crippen LogP) is 5.57. The van der Waals surface area contributed by atoms with Gasteiger partial charge in [0.2, 0.25) is 11.0 Å². The van der Waals surface area contributed by atoms with Gasteiger partial charge in [-0.25, -0.2) is 4.98 Å². The zero-order chi connectivity index (χ0) is 25.2. The lowest BCUT2D eigenvalue weighted by atomic mass is 10.1. The molecule has 0 bridgehead atoms. The highest BCUT2D eigenvalue weighted by Gasteiger charge is 2.21. The number of para-hydroxylation sites is 3. The van der Waals surface area contributed by atoms with Crippen LogP contribution in [0.1, 0.15) is 0 Å². The predicted molar refractivity (Wildman–Crippen MR) is 138 cm³/mol. The van der Waals surface area contributed by atoms with Crippen molar-refractivity contribution in [1.29, 1.82) is 0 Å². The second kappa shape index (κ2) is 9.83. The van der Waals surface area contributed by atoms with Gasteiger partial charge in [-0.05, 0) is 35.9 Å². The lowest BCUT2D eigenvalue weighted by Gasteiger charge is -2.15. The number of aromatic nitrogens is 2. The van der Waals surface area contributed by atoms with Crippen LogP contribution in [0.3, 0.4) is 0 Å². The van der Waals surface area contributed by atoms with Crippen LogP contribution >= 0.6 is 11.6 Å². The number of methoxy groups -OCH3 is 3. The SMILES string of the molecule is COc1cc2oc(-c3ccccc3OCCn3c(Cl)nc4ccccc43)cc(=O)c2c(OC)c1OC. The zero-order valence-electron chi connectivity index (χ0n) is 19.9. The van der Waals surface area contributed by atoms with Crippen LogP contribution in [0, 0.1) is 0 Å². The molecule has 0 atom stereocenters. The first-order valence-corrected chi connectivity index (χ1v) is 11.5. The monoisotopic (exact) mass is 506 g/mol. The van der Waals surface area contributed by atoms with Crippen LogP contribution in [0.5, 0.6) is 23.0 Å². The number of rotatable bonds is 8. The maximum atomic E-state index is 13.2. The van der Waals surface area contributed by atoms with Gasteiger partial charge in [-0.2, -0.15) is 0 Å². The van der Waals surface area contributed by atoms with Crippen molar-refractivity contribution < 1.29 is 23.4 Å². The molecule has 8 nitrogen and oxygen atoms in total. The number of hydrogen-bond donors (Lipinski definition) is 0. The molecule has 0 saturated heterocycles. The molecule has 0 N–H and O–H groups in total. The molecule has 0 aliphatic carbocycles. The summed E-state index contributed by atoms with van der Waals surface area (Å²) >= 11 is 6.34. The van der Waals surface area contributed by atoms with E-state index in [4.69, 9.17) is 35.0 Å². The number of fused-ring (bicyclic) bond motifs is 2. The van der Waals surface area contributed by atoms with Crippen LogP contribution in [0.25, 0.3) is 33.3 Å². The fourth-order valence-electron chi connectivity index (χ4n) is 4.22. The Labute approximate surface area is 211 Å². The number of nitrogens with zero attached hydrogens (tertiary/aromatic N) is 2. The van der Waals surface area contributed by atoms with Crippen molar-refractivity contribution in [2.24, 2.45) is 0 Å². The maximum absolute atomic E-state index is 13.2. The molecule has 184 valence electrons.